The third kappa shape index (κ3) is 4.83. The number of hydrogen-bond donors (Lipinski definition) is 1. The van der Waals surface area contributed by atoms with Gasteiger partial charge in [0.1, 0.15) is 5.75 Å². The molecule has 0 radical (unpaired) electrons. The van der Waals surface area contributed by atoms with Crippen LogP contribution in [0, 0.1) is 11.8 Å². The topological polar surface area (TPSA) is 76.1 Å². The van der Waals surface area contributed by atoms with Gasteiger partial charge < -0.3 is 19.5 Å². The lowest BCUT2D eigenvalue weighted by Crippen LogP contribution is -2.48. The Morgan fingerprint density at radius 3 is 2.86 bits per heavy atom. The van der Waals surface area contributed by atoms with Crippen LogP contribution < -0.4 is 9.64 Å². The molecular formula is C29H32ClNO5. The van der Waals surface area contributed by atoms with Crippen LogP contribution in [-0.4, -0.2) is 43.3 Å². The maximum Gasteiger partial charge on any atom is 0.335 e. The van der Waals surface area contributed by atoms with Gasteiger partial charge in [-0.2, -0.15) is 0 Å². The number of anilines is 1. The van der Waals surface area contributed by atoms with Gasteiger partial charge in [-0.05, 0) is 92.3 Å². The second-order valence-electron chi connectivity index (χ2n) is 10.2. The number of hydrogen-bond acceptors (Lipinski definition) is 5. The molecule has 5 rings (SSSR count). The fourth-order valence-corrected chi connectivity index (χ4v) is 6.19. The largest absolute Gasteiger partial charge is 0.490 e. The normalized spacial score (nSPS) is 24.9. The van der Waals surface area contributed by atoms with Crippen molar-refractivity contribution in [2.75, 3.05) is 31.2 Å². The van der Waals surface area contributed by atoms with Gasteiger partial charge in [0.15, 0.2) is 0 Å². The van der Waals surface area contributed by atoms with Crippen LogP contribution in [0.1, 0.15) is 54.1 Å². The number of benzene rings is 2. The Kier molecular flexibility index (Phi) is 6.98. The van der Waals surface area contributed by atoms with Gasteiger partial charge >= 0.3 is 11.9 Å². The summed E-state index contributed by atoms with van der Waals surface area (Å²) in [5, 5.41) is 10.4. The number of nitrogens with zero attached hydrogens (tertiary/aromatic N) is 1. The maximum atomic E-state index is 11.8. The molecule has 3 aliphatic rings. The predicted molar refractivity (Wildman–Crippen MR) is 139 cm³/mol. The maximum absolute atomic E-state index is 11.8. The van der Waals surface area contributed by atoms with Crippen LogP contribution in [0.2, 0.25) is 5.02 Å². The number of rotatable bonds is 6. The average molecular weight is 510 g/mol. The second-order valence-corrected chi connectivity index (χ2v) is 10.6. The van der Waals surface area contributed by atoms with Gasteiger partial charge in [0.05, 0.1) is 24.5 Å². The van der Waals surface area contributed by atoms with E-state index in [1.54, 1.807) is 31.2 Å². The molecule has 3 atom stereocenters. The van der Waals surface area contributed by atoms with Crippen LogP contribution in [0.3, 0.4) is 0 Å². The molecule has 2 aromatic carbocycles. The highest BCUT2D eigenvalue weighted by molar-refractivity contribution is 6.30. The fraction of sp³-hybridized carbons (Fsp3) is 0.448. The Morgan fingerprint density at radius 2 is 2.11 bits per heavy atom. The van der Waals surface area contributed by atoms with Gasteiger partial charge in [-0.15, -0.1) is 0 Å². The molecule has 1 heterocycles. The Hall–Kier alpha value is -2.99. The van der Waals surface area contributed by atoms with Gasteiger partial charge in [-0.25, -0.2) is 9.59 Å². The van der Waals surface area contributed by atoms with Crippen molar-refractivity contribution in [1.29, 1.82) is 0 Å². The van der Waals surface area contributed by atoms with Gasteiger partial charge in [0.2, 0.25) is 0 Å². The van der Waals surface area contributed by atoms with Crippen LogP contribution in [0.25, 0.3) is 0 Å². The Labute approximate surface area is 216 Å². The standard InChI is InChI=1S/C29H32ClNO5/c1-2-35-27(32)12-8-19-5-6-22(19)16-31-17-29(13-3-4-20-14-23(30)9-10-24(20)29)18-36-26-11-7-21(28(33)34)15-25(26)31/h7-12,14-15,19,22H,2-6,13,16-18H2,1H3,(H,33,34)/b12-8+/t19-,22-,29?/m0/s1. The summed E-state index contributed by atoms with van der Waals surface area (Å²) in [6.07, 6.45) is 8.65. The minimum Gasteiger partial charge on any atom is -0.490 e. The van der Waals surface area contributed by atoms with Crippen molar-refractivity contribution in [2.24, 2.45) is 11.8 Å². The van der Waals surface area contributed by atoms with E-state index in [1.807, 2.05) is 12.1 Å². The van der Waals surface area contributed by atoms with E-state index in [-0.39, 0.29) is 22.9 Å². The number of carbonyl (C=O) groups excluding carboxylic acids is 1. The van der Waals surface area contributed by atoms with Crippen molar-refractivity contribution in [3.05, 3.63) is 70.3 Å². The molecule has 1 spiro atoms. The minimum absolute atomic E-state index is 0.208. The summed E-state index contributed by atoms with van der Waals surface area (Å²) in [4.78, 5) is 26.0. The van der Waals surface area contributed by atoms with Crippen molar-refractivity contribution in [3.8, 4) is 5.75 Å². The summed E-state index contributed by atoms with van der Waals surface area (Å²) in [5.41, 5.74) is 3.42. The number of esters is 1. The van der Waals surface area contributed by atoms with Gasteiger partial charge in [-0.1, -0.05) is 23.7 Å². The molecule has 1 unspecified atom stereocenters. The first-order valence-corrected chi connectivity index (χ1v) is 13.2. The van der Waals surface area contributed by atoms with E-state index in [4.69, 9.17) is 21.1 Å². The number of aryl methyl sites for hydroxylation is 1. The van der Waals surface area contributed by atoms with E-state index < -0.39 is 5.97 Å². The molecule has 6 nitrogen and oxygen atoms in total. The number of fused-ring (bicyclic) bond motifs is 3. The predicted octanol–water partition coefficient (Wildman–Crippen LogP) is 5.66. The second kappa shape index (κ2) is 10.2. The number of carboxylic acid groups (broad SMARTS) is 1. The number of halogens is 1. The molecule has 0 saturated heterocycles. The zero-order valence-electron chi connectivity index (χ0n) is 20.5. The van der Waals surface area contributed by atoms with Crippen LogP contribution in [-0.2, 0) is 21.4 Å². The monoisotopic (exact) mass is 509 g/mol. The Balaban J connectivity index is 1.48. The van der Waals surface area contributed by atoms with Crippen molar-refractivity contribution in [1.82, 2.24) is 0 Å². The molecule has 0 amide bonds. The molecule has 190 valence electrons. The van der Waals surface area contributed by atoms with E-state index in [1.165, 1.54) is 11.1 Å². The number of carboxylic acids is 1. The van der Waals surface area contributed by atoms with Crippen LogP contribution >= 0.6 is 11.6 Å². The number of ether oxygens (including phenoxy) is 2. The molecule has 0 aromatic heterocycles. The summed E-state index contributed by atoms with van der Waals surface area (Å²) >= 11 is 6.33. The third-order valence-corrected chi connectivity index (χ3v) is 8.22. The van der Waals surface area contributed by atoms with Crippen molar-refractivity contribution in [3.63, 3.8) is 0 Å². The highest BCUT2D eigenvalue weighted by Crippen LogP contribution is 2.46. The Bertz CT molecular complexity index is 1190. The number of carbonyl (C=O) groups is 2. The summed E-state index contributed by atoms with van der Waals surface area (Å²) in [6, 6.07) is 11.3. The van der Waals surface area contributed by atoms with Crippen LogP contribution in [0.5, 0.6) is 5.75 Å². The smallest absolute Gasteiger partial charge is 0.335 e. The fourth-order valence-electron chi connectivity index (χ4n) is 6.00. The first-order valence-electron chi connectivity index (χ1n) is 12.8. The first kappa shape index (κ1) is 24.7. The molecule has 1 fully saturated rings. The van der Waals surface area contributed by atoms with E-state index in [2.05, 4.69) is 17.0 Å². The molecule has 7 heteroatoms. The summed E-state index contributed by atoms with van der Waals surface area (Å²) < 4.78 is 11.5. The quantitative estimate of drug-likeness (QED) is 0.400. The molecule has 1 N–H and O–H groups in total. The lowest BCUT2D eigenvalue weighted by Gasteiger charge is -2.44. The van der Waals surface area contributed by atoms with Crippen LogP contribution in [0.4, 0.5) is 5.69 Å². The summed E-state index contributed by atoms with van der Waals surface area (Å²) in [5.74, 6) is 0.113. The zero-order valence-corrected chi connectivity index (χ0v) is 21.3. The Morgan fingerprint density at radius 1 is 1.25 bits per heavy atom. The molecule has 36 heavy (non-hydrogen) atoms. The molecule has 1 saturated carbocycles. The zero-order chi connectivity index (χ0) is 25.3. The van der Waals surface area contributed by atoms with Crippen molar-refractivity contribution < 1.29 is 24.2 Å². The number of allylic oxidation sites excluding steroid dienone is 1. The number of aromatic carboxylic acids is 1. The third-order valence-electron chi connectivity index (χ3n) is 7.98. The molecule has 0 bridgehead atoms. The van der Waals surface area contributed by atoms with Gasteiger partial charge in [0, 0.05) is 29.6 Å². The van der Waals surface area contributed by atoms with Gasteiger partial charge in [0.25, 0.3) is 0 Å². The molecule has 2 aliphatic carbocycles. The molecular weight excluding hydrogens is 478 g/mol. The summed E-state index contributed by atoms with van der Waals surface area (Å²) in [6.45, 7) is 4.21. The SMILES string of the molecule is CCOC(=O)/C=C/[C@@H]1CC[C@H]1CN1CC2(CCCc3cc(Cl)ccc32)COc2ccc(C(=O)O)cc21. The van der Waals surface area contributed by atoms with Gasteiger partial charge in [-0.3, -0.25) is 0 Å². The molecule has 1 aliphatic heterocycles. The van der Waals surface area contributed by atoms with Crippen molar-refractivity contribution in [2.45, 2.75) is 44.4 Å². The van der Waals surface area contributed by atoms with Crippen LogP contribution in [0.15, 0.2) is 48.6 Å². The van der Waals surface area contributed by atoms with E-state index in [0.29, 0.717) is 19.1 Å². The van der Waals surface area contributed by atoms with Crippen molar-refractivity contribution >= 4 is 29.2 Å². The molecule has 2 aromatic rings. The highest BCUT2D eigenvalue weighted by atomic mass is 35.5. The minimum atomic E-state index is -0.951. The van der Waals surface area contributed by atoms with E-state index >= 15 is 0 Å². The average Bonchev–Trinajstić information content (AvgIpc) is 2.99. The summed E-state index contributed by atoms with van der Waals surface area (Å²) in [7, 11) is 0. The van der Waals surface area contributed by atoms with E-state index in [0.717, 1.165) is 61.7 Å². The van der Waals surface area contributed by atoms with E-state index in [9.17, 15) is 14.7 Å². The lowest BCUT2D eigenvalue weighted by molar-refractivity contribution is -0.137. The first-order chi connectivity index (χ1) is 17.4. The lowest BCUT2D eigenvalue weighted by atomic mass is 9.69. The highest BCUT2D eigenvalue weighted by Gasteiger charge is 2.43.